The van der Waals surface area contributed by atoms with Gasteiger partial charge in [-0.15, -0.1) is 0 Å². The molecule has 1 N–H and O–H groups in total. The van der Waals surface area contributed by atoms with Crippen LogP contribution < -0.4 is 5.32 Å². The van der Waals surface area contributed by atoms with Crippen LogP contribution in [0.15, 0.2) is 12.1 Å². The van der Waals surface area contributed by atoms with Gasteiger partial charge in [-0.3, -0.25) is 0 Å². The molecule has 1 heterocycles. The van der Waals surface area contributed by atoms with E-state index in [0.29, 0.717) is 12.0 Å². The molecule has 1 atom stereocenters. The summed E-state index contributed by atoms with van der Waals surface area (Å²) in [6.45, 7) is 2.72. The number of hydrogen-bond acceptors (Lipinski definition) is 3. The van der Waals surface area contributed by atoms with E-state index in [1.165, 1.54) is 13.2 Å². The highest BCUT2D eigenvalue weighted by molar-refractivity contribution is 5.89. The van der Waals surface area contributed by atoms with Gasteiger partial charge in [0.1, 0.15) is 5.82 Å². The fourth-order valence-electron chi connectivity index (χ4n) is 2.07. The van der Waals surface area contributed by atoms with Crippen LogP contribution in [0.2, 0.25) is 0 Å². The maximum atomic E-state index is 13.8. The Morgan fingerprint density at radius 2 is 2.31 bits per heavy atom. The Morgan fingerprint density at radius 1 is 1.56 bits per heavy atom. The molecule has 0 bridgehead atoms. The van der Waals surface area contributed by atoms with Crippen molar-refractivity contribution < 1.29 is 13.9 Å². The van der Waals surface area contributed by atoms with Crippen LogP contribution in [-0.2, 0) is 11.2 Å². The summed E-state index contributed by atoms with van der Waals surface area (Å²) in [7, 11) is 1.29. The van der Waals surface area contributed by atoms with E-state index in [9.17, 15) is 9.18 Å². The summed E-state index contributed by atoms with van der Waals surface area (Å²) in [6, 6.07) is 3.03. The van der Waals surface area contributed by atoms with Gasteiger partial charge in [-0.05, 0) is 43.1 Å². The highest BCUT2D eigenvalue weighted by Crippen LogP contribution is 2.26. The predicted octanol–water partition coefficient (Wildman–Crippen LogP) is 1.82. The Morgan fingerprint density at radius 3 is 3.00 bits per heavy atom. The number of hydrogen-bond donors (Lipinski definition) is 1. The first-order valence-corrected chi connectivity index (χ1v) is 5.27. The maximum absolute atomic E-state index is 13.8. The first kappa shape index (κ1) is 11.1. The highest BCUT2D eigenvalue weighted by atomic mass is 19.1. The third-order valence-corrected chi connectivity index (χ3v) is 2.94. The first-order valence-electron chi connectivity index (χ1n) is 5.27. The van der Waals surface area contributed by atoms with Gasteiger partial charge in [-0.1, -0.05) is 0 Å². The maximum Gasteiger partial charge on any atom is 0.337 e. The van der Waals surface area contributed by atoms with Crippen LogP contribution in [0.4, 0.5) is 4.39 Å². The zero-order valence-corrected chi connectivity index (χ0v) is 9.34. The van der Waals surface area contributed by atoms with Gasteiger partial charge in [-0.2, -0.15) is 0 Å². The molecule has 3 nitrogen and oxygen atoms in total. The number of benzene rings is 1. The summed E-state index contributed by atoms with van der Waals surface area (Å²) in [5.74, 6) is -0.814. The van der Waals surface area contributed by atoms with E-state index < -0.39 is 5.97 Å². The number of carbonyl (C=O) groups is 1. The molecule has 0 spiro atoms. The number of carbonyl (C=O) groups excluding carboxylic acids is 1. The third-order valence-electron chi connectivity index (χ3n) is 2.94. The highest BCUT2D eigenvalue weighted by Gasteiger charge is 2.21. The molecule has 0 aliphatic carbocycles. The van der Waals surface area contributed by atoms with E-state index in [4.69, 9.17) is 0 Å². The molecule has 16 heavy (non-hydrogen) atoms. The van der Waals surface area contributed by atoms with Gasteiger partial charge in [0.05, 0.1) is 12.7 Å². The second-order valence-electron chi connectivity index (χ2n) is 3.94. The molecule has 0 fully saturated rings. The van der Waals surface area contributed by atoms with Crippen LogP contribution in [-0.4, -0.2) is 19.6 Å². The number of nitrogens with one attached hydrogen (secondary N) is 1. The molecule has 0 amide bonds. The van der Waals surface area contributed by atoms with Crippen LogP contribution >= 0.6 is 0 Å². The standard InChI is InChI=1S/C12H14FNO2/c1-7-10-5-8(12(15)16-2)6-11(13)9(10)3-4-14-7/h5-7,14H,3-4H2,1-2H3. The zero-order valence-electron chi connectivity index (χ0n) is 9.34. The number of methoxy groups -OCH3 is 1. The Kier molecular flexibility index (Phi) is 2.92. The lowest BCUT2D eigenvalue weighted by molar-refractivity contribution is 0.0600. The van der Waals surface area contributed by atoms with E-state index in [2.05, 4.69) is 10.1 Å². The minimum absolute atomic E-state index is 0.0721. The molecule has 86 valence electrons. The molecule has 1 aromatic carbocycles. The van der Waals surface area contributed by atoms with E-state index >= 15 is 0 Å². The van der Waals surface area contributed by atoms with Crippen LogP contribution in [0.3, 0.4) is 0 Å². The van der Waals surface area contributed by atoms with Gasteiger partial charge in [0.2, 0.25) is 0 Å². The van der Waals surface area contributed by atoms with E-state index in [1.54, 1.807) is 6.07 Å². The van der Waals surface area contributed by atoms with Gasteiger partial charge in [0.15, 0.2) is 0 Å². The van der Waals surface area contributed by atoms with E-state index in [1.807, 2.05) is 6.92 Å². The van der Waals surface area contributed by atoms with Crippen LogP contribution in [0.25, 0.3) is 0 Å². The van der Waals surface area contributed by atoms with Crippen molar-refractivity contribution in [1.29, 1.82) is 0 Å². The van der Waals surface area contributed by atoms with Crippen LogP contribution in [0.5, 0.6) is 0 Å². The van der Waals surface area contributed by atoms with Crippen molar-refractivity contribution >= 4 is 5.97 Å². The molecule has 1 aromatic rings. The van der Waals surface area contributed by atoms with Gasteiger partial charge < -0.3 is 10.1 Å². The molecule has 1 aliphatic rings. The molecular formula is C12H14FNO2. The van der Waals surface area contributed by atoms with Crippen LogP contribution in [0.1, 0.15) is 34.5 Å². The first-order chi connectivity index (χ1) is 7.63. The van der Waals surface area contributed by atoms with Gasteiger partial charge in [0.25, 0.3) is 0 Å². The second-order valence-corrected chi connectivity index (χ2v) is 3.94. The Balaban J connectivity index is 2.50. The monoisotopic (exact) mass is 223 g/mol. The summed E-state index contributed by atoms with van der Waals surface area (Å²) in [4.78, 5) is 11.3. The van der Waals surface area contributed by atoms with Crippen molar-refractivity contribution in [3.05, 3.63) is 34.6 Å². The lowest BCUT2D eigenvalue weighted by Gasteiger charge is -2.24. The molecule has 0 aromatic heterocycles. The minimum Gasteiger partial charge on any atom is -0.465 e. The smallest absolute Gasteiger partial charge is 0.337 e. The molecule has 0 radical (unpaired) electrons. The van der Waals surface area contributed by atoms with Crippen molar-refractivity contribution in [2.45, 2.75) is 19.4 Å². The lowest BCUT2D eigenvalue weighted by Crippen LogP contribution is -2.29. The molecule has 1 aliphatic heterocycles. The van der Waals surface area contributed by atoms with Gasteiger partial charge in [-0.25, -0.2) is 9.18 Å². The molecular weight excluding hydrogens is 209 g/mol. The Labute approximate surface area is 93.6 Å². The minimum atomic E-state index is -0.500. The third kappa shape index (κ3) is 1.80. The zero-order chi connectivity index (χ0) is 11.7. The quantitative estimate of drug-likeness (QED) is 0.738. The molecule has 4 heteroatoms. The second kappa shape index (κ2) is 4.22. The SMILES string of the molecule is COC(=O)c1cc(F)c2c(c1)C(C)NCC2. The summed E-state index contributed by atoms with van der Waals surface area (Å²) in [5, 5.41) is 3.23. The topological polar surface area (TPSA) is 38.3 Å². The Hall–Kier alpha value is -1.42. The van der Waals surface area contributed by atoms with Crippen molar-refractivity contribution in [3.63, 3.8) is 0 Å². The molecule has 0 saturated carbocycles. The van der Waals surface area contributed by atoms with Crippen molar-refractivity contribution in [2.24, 2.45) is 0 Å². The normalized spacial score (nSPS) is 19.1. The van der Waals surface area contributed by atoms with Crippen LogP contribution in [0, 0.1) is 5.82 Å². The molecule has 1 unspecified atom stereocenters. The molecule has 2 rings (SSSR count). The number of ether oxygens (including phenoxy) is 1. The van der Waals surface area contributed by atoms with Crippen molar-refractivity contribution in [3.8, 4) is 0 Å². The Bertz CT molecular complexity index is 431. The summed E-state index contributed by atoms with van der Waals surface area (Å²) >= 11 is 0. The van der Waals surface area contributed by atoms with Gasteiger partial charge >= 0.3 is 5.97 Å². The fraction of sp³-hybridized carbons (Fsp3) is 0.417. The number of halogens is 1. The van der Waals surface area contributed by atoms with Gasteiger partial charge in [0, 0.05) is 6.04 Å². The average Bonchev–Trinajstić information content (AvgIpc) is 2.29. The largest absolute Gasteiger partial charge is 0.465 e. The lowest BCUT2D eigenvalue weighted by atomic mass is 9.93. The number of rotatable bonds is 1. The number of esters is 1. The average molecular weight is 223 g/mol. The molecule has 0 saturated heterocycles. The predicted molar refractivity (Wildman–Crippen MR) is 57.9 cm³/mol. The summed E-state index contributed by atoms with van der Waals surface area (Å²) in [5.41, 5.74) is 1.83. The van der Waals surface area contributed by atoms with Crippen molar-refractivity contribution in [1.82, 2.24) is 5.32 Å². The fourth-order valence-corrected chi connectivity index (χ4v) is 2.07. The van der Waals surface area contributed by atoms with Crippen molar-refractivity contribution in [2.75, 3.05) is 13.7 Å². The summed E-state index contributed by atoms with van der Waals surface area (Å²) in [6.07, 6.45) is 0.660. The van der Waals surface area contributed by atoms with E-state index in [-0.39, 0.29) is 17.4 Å². The van der Waals surface area contributed by atoms with E-state index in [0.717, 1.165) is 12.1 Å². The summed E-state index contributed by atoms with van der Waals surface area (Å²) < 4.78 is 18.4. The number of fused-ring (bicyclic) bond motifs is 1.